The number of para-hydroxylation sites is 1. The third-order valence-corrected chi connectivity index (χ3v) is 3.51. The van der Waals surface area contributed by atoms with Gasteiger partial charge in [0, 0.05) is 17.5 Å². The van der Waals surface area contributed by atoms with E-state index in [-0.39, 0.29) is 6.61 Å². The second-order valence-corrected chi connectivity index (χ2v) is 5.05. The Bertz CT molecular complexity index is 848. The Morgan fingerprint density at radius 1 is 1.04 bits per heavy atom. The largest absolute Gasteiger partial charge is 0.489 e. The summed E-state index contributed by atoms with van der Waals surface area (Å²) in [6, 6.07) is 16.9. The van der Waals surface area contributed by atoms with E-state index in [0.717, 1.165) is 5.56 Å². The summed E-state index contributed by atoms with van der Waals surface area (Å²) in [5, 5.41) is 0.673. The zero-order valence-corrected chi connectivity index (χ0v) is 12.5. The number of hydrogen-bond acceptors (Lipinski definition) is 4. The monoisotopic (exact) mass is 307 g/mol. The molecule has 0 bridgehead atoms. The third-order valence-electron chi connectivity index (χ3n) is 3.51. The Morgan fingerprint density at radius 2 is 1.74 bits per heavy atom. The highest BCUT2D eigenvalue weighted by molar-refractivity contribution is 6.09. The average Bonchev–Trinajstić information content (AvgIpc) is 2.59. The van der Waals surface area contributed by atoms with Gasteiger partial charge in [0.05, 0.1) is 11.1 Å². The summed E-state index contributed by atoms with van der Waals surface area (Å²) in [6.07, 6.45) is 0. The molecule has 1 amide bonds. The van der Waals surface area contributed by atoms with Gasteiger partial charge in [-0.1, -0.05) is 48.5 Å². The number of pyridine rings is 1. The number of amides is 1. The van der Waals surface area contributed by atoms with Gasteiger partial charge in [-0.15, -0.1) is 0 Å². The Kier molecular flexibility index (Phi) is 4.21. The molecule has 0 aliphatic heterocycles. The Morgan fingerprint density at radius 3 is 2.43 bits per heavy atom. The molecule has 0 radical (unpaired) electrons. The molecular formula is C18H17N3O2. The number of aromatic nitrogens is 1. The summed E-state index contributed by atoms with van der Waals surface area (Å²) in [4.78, 5) is 16.7. The highest BCUT2D eigenvalue weighted by Gasteiger charge is 2.21. The molecule has 0 saturated heterocycles. The van der Waals surface area contributed by atoms with E-state index in [4.69, 9.17) is 16.2 Å². The van der Waals surface area contributed by atoms with Crippen LogP contribution in [0.4, 0.5) is 0 Å². The van der Waals surface area contributed by atoms with E-state index < -0.39 is 5.91 Å². The Hall–Kier alpha value is -2.92. The first kappa shape index (κ1) is 15.0. The minimum absolute atomic E-state index is 0.278. The molecule has 116 valence electrons. The van der Waals surface area contributed by atoms with Crippen molar-refractivity contribution in [3.63, 3.8) is 0 Å². The van der Waals surface area contributed by atoms with Gasteiger partial charge >= 0.3 is 0 Å². The highest BCUT2D eigenvalue weighted by Crippen LogP contribution is 2.36. The molecule has 5 nitrogen and oxygen atoms in total. The lowest BCUT2D eigenvalue weighted by atomic mass is 10.0. The summed E-state index contributed by atoms with van der Waals surface area (Å²) in [6.45, 7) is 0.611. The maximum absolute atomic E-state index is 12.1. The van der Waals surface area contributed by atoms with Crippen LogP contribution in [0.3, 0.4) is 0 Å². The molecular weight excluding hydrogens is 290 g/mol. The van der Waals surface area contributed by atoms with E-state index in [1.54, 1.807) is 0 Å². The van der Waals surface area contributed by atoms with Crippen molar-refractivity contribution in [2.45, 2.75) is 0 Å². The number of fused-ring (bicyclic) bond motifs is 1. The quantitative estimate of drug-likeness (QED) is 0.757. The Balaban J connectivity index is 2.35. The molecule has 0 unspecified atom stereocenters. The molecule has 23 heavy (non-hydrogen) atoms. The number of carbonyl (C=O) groups is 1. The molecule has 0 saturated carbocycles. The SMILES string of the molecule is NCCOc1c(-c2ccccc2)nc2ccccc2c1C(N)=O. The predicted molar refractivity (Wildman–Crippen MR) is 90.2 cm³/mol. The van der Waals surface area contributed by atoms with Gasteiger partial charge in [-0.2, -0.15) is 0 Å². The molecule has 0 aliphatic rings. The second kappa shape index (κ2) is 6.46. The molecule has 3 rings (SSSR count). The lowest BCUT2D eigenvalue weighted by Crippen LogP contribution is -2.18. The van der Waals surface area contributed by atoms with Crippen molar-refractivity contribution in [3.8, 4) is 17.0 Å². The summed E-state index contributed by atoms with van der Waals surface area (Å²) < 4.78 is 5.75. The van der Waals surface area contributed by atoms with Crippen LogP contribution < -0.4 is 16.2 Å². The maximum atomic E-state index is 12.1. The van der Waals surface area contributed by atoms with E-state index in [9.17, 15) is 4.79 Å². The van der Waals surface area contributed by atoms with E-state index in [2.05, 4.69) is 4.98 Å². The van der Waals surface area contributed by atoms with E-state index in [1.807, 2.05) is 54.6 Å². The van der Waals surface area contributed by atoms with Crippen LogP contribution in [0.5, 0.6) is 5.75 Å². The standard InChI is InChI=1S/C18H17N3O2/c19-10-11-23-17-15(18(20)22)13-8-4-5-9-14(13)21-16(17)12-6-2-1-3-7-12/h1-9H,10-11,19H2,(H2,20,22). The Labute approximate surface area is 133 Å². The first-order valence-electron chi connectivity index (χ1n) is 7.33. The van der Waals surface area contributed by atoms with Crippen LogP contribution in [-0.2, 0) is 0 Å². The van der Waals surface area contributed by atoms with Gasteiger partial charge in [-0.05, 0) is 6.07 Å². The van der Waals surface area contributed by atoms with E-state index >= 15 is 0 Å². The van der Waals surface area contributed by atoms with Gasteiger partial charge in [0.2, 0.25) is 0 Å². The highest BCUT2D eigenvalue weighted by atomic mass is 16.5. The number of nitrogens with two attached hydrogens (primary N) is 2. The summed E-state index contributed by atoms with van der Waals surface area (Å²) >= 11 is 0. The number of primary amides is 1. The lowest BCUT2D eigenvalue weighted by molar-refractivity contribution is 0.0998. The molecule has 0 fully saturated rings. The normalized spacial score (nSPS) is 10.7. The van der Waals surface area contributed by atoms with Gasteiger partial charge in [0.1, 0.15) is 12.3 Å². The van der Waals surface area contributed by atoms with Crippen LogP contribution in [-0.4, -0.2) is 24.0 Å². The molecule has 2 aromatic carbocycles. The summed E-state index contributed by atoms with van der Waals surface area (Å²) in [5.74, 6) is -0.166. The van der Waals surface area contributed by atoms with Gasteiger partial charge in [0.15, 0.2) is 5.75 Å². The van der Waals surface area contributed by atoms with Crippen LogP contribution >= 0.6 is 0 Å². The average molecular weight is 307 g/mol. The minimum Gasteiger partial charge on any atom is -0.489 e. The summed E-state index contributed by atoms with van der Waals surface area (Å²) in [5.41, 5.74) is 13.6. The number of rotatable bonds is 5. The topological polar surface area (TPSA) is 91.2 Å². The first-order valence-corrected chi connectivity index (χ1v) is 7.33. The molecule has 3 aromatic rings. The lowest BCUT2D eigenvalue weighted by Gasteiger charge is -2.16. The first-order chi connectivity index (χ1) is 11.2. The summed E-state index contributed by atoms with van der Waals surface area (Å²) in [7, 11) is 0. The van der Waals surface area contributed by atoms with Crippen molar-refractivity contribution >= 4 is 16.8 Å². The zero-order chi connectivity index (χ0) is 16.2. The van der Waals surface area contributed by atoms with Gasteiger partial charge < -0.3 is 16.2 Å². The fourth-order valence-corrected chi connectivity index (χ4v) is 2.53. The zero-order valence-electron chi connectivity index (χ0n) is 12.5. The number of nitrogens with zero attached hydrogens (tertiary/aromatic N) is 1. The molecule has 0 atom stereocenters. The van der Waals surface area contributed by atoms with Crippen molar-refractivity contribution in [3.05, 3.63) is 60.2 Å². The van der Waals surface area contributed by atoms with Crippen LogP contribution in [0.2, 0.25) is 0 Å². The fourth-order valence-electron chi connectivity index (χ4n) is 2.53. The molecule has 0 aliphatic carbocycles. The fraction of sp³-hybridized carbons (Fsp3) is 0.111. The molecule has 1 heterocycles. The van der Waals surface area contributed by atoms with Crippen LogP contribution in [0.1, 0.15) is 10.4 Å². The number of benzene rings is 2. The predicted octanol–water partition coefficient (Wildman–Crippen LogP) is 2.34. The molecule has 5 heteroatoms. The van der Waals surface area contributed by atoms with Crippen molar-refractivity contribution < 1.29 is 9.53 Å². The molecule has 0 spiro atoms. The van der Waals surface area contributed by atoms with Gasteiger partial charge in [0.25, 0.3) is 5.91 Å². The van der Waals surface area contributed by atoms with E-state index in [0.29, 0.717) is 34.5 Å². The minimum atomic E-state index is -0.548. The molecule has 4 N–H and O–H groups in total. The van der Waals surface area contributed by atoms with Crippen molar-refractivity contribution in [2.75, 3.05) is 13.2 Å². The van der Waals surface area contributed by atoms with Crippen molar-refractivity contribution in [1.29, 1.82) is 0 Å². The van der Waals surface area contributed by atoms with Crippen molar-refractivity contribution in [2.24, 2.45) is 11.5 Å². The van der Waals surface area contributed by atoms with Crippen LogP contribution in [0.15, 0.2) is 54.6 Å². The third kappa shape index (κ3) is 2.86. The van der Waals surface area contributed by atoms with Crippen LogP contribution in [0.25, 0.3) is 22.2 Å². The second-order valence-electron chi connectivity index (χ2n) is 5.05. The van der Waals surface area contributed by atoms with Gasteiger partial charge in [-0.25, -0.2) is 4.98 Å². The van der Waals surface area contributed by atoms with Crippen molar-refractivity contribution in [1.82, 2.24) is 4.98 Å². The van der Waals surface area contributed by atoms with E-state index in [1.165, 1.54) is 0 Å². The number of ether oxygens (including phenoxy) is 1. The van der Waals surface area contributed by atoms with Crippen LogP contribution in [0, 0.1) is 0 Å². The number of carbonyl (C=O) groups excluding carboxylic acids is 1. The van der Waals surface area contributed by atoms with Gasteiger partial charge in [-0.3, -0.25) is 4.79 Å². The molecule has 1 aromatic heterocycles. The maximum Gasteiger partial charge on any atom is 0.253 e. The smallest absolute Gasteiger partial charge is 0.253 e. The number of hydrogen-bond donors (Lipinski definition) is 2.